The minimum Gasteiger partial charge on any atom is -0.399 e. The lowest BCUT2D eigenvalue weighted by Crippen LogP contribution is -3.08. The van der Waals surface area contributed by atoms with Crippen molar-refractivity contribution < 1.29 is 9.47 Å². The highest BCUT2D eigenvalue weighted by Gasteiger charge is 2.23. The minimum atomic E-state index is 0.784. The molecular weight excluding hydrogens is 356 g/mol. The van der Waals surface area contributed by atoms with Gasteiger partial charge in [0.2, 0.25) is 11.2 Å². The highest BCUT2D eigenvalue weighted by Crippen LogP contribution is 2.33. The highest BCUT2D eigenvalue weighted by molar-refractivity contribution is 6.10. The molecule has 4 aromatic rings. The Kier molecular flexibility index (Phi) is 5.36. The summed E-state index contributed by atoms with van der Waals surface area (Å²) in [4.78, 5) is 1.54. The van der Waals surface area contributed by atoms with E-state index in [0.29, 0.717) is 0 Å². The van der Waals surface area contributed by atoms with E-state index in [1.807, 2.05) is 12.1 Å². The number of rotatable bonds is 6. The Balaban J connectivity index is 2.03. The monoisotopic (exact) mass is 386 g/mol. The average Bonchev–Trinajstić information content (AvgIpc) is 2.74. The molecule has 0 aliphatic heterocycles. The number of fused-ring (bicyclic) bond motifs is 3. The van der Waals surface area contributed by atoms with Gasteiger partial charge in [-0.2, -0.15) is 4.57 Å². The van der Waals surface area contributed by atoms with Gasteiger partial charge in [-0.15, -0.1) is 0 Å². The summed E-state index contributed by atoms with van der Waals surface area (Å²) >= 11 is 0. The Morgan fingerprint density at radius 1 is 0.828 bits per heavy atom. The Hall–Kier alpha value is -3.11. The number of nitrogen functional groups attached to an aromatic ring is 2. The second kappa shape index (κ2) is 8.10. The van der Waals surface area contributed by atoms with Crippen LogP contribution in [-0.4, -0.2) is 20.1 Å². The number of anilines is 2. The molecular formula is C25H30N4+2. The number of pyridine rings is 1. The van der Waals surface area contributed by atoms with E-state index in [2.05, 4.69) is 73.1 Å². The highest BCUT2D eigenvalue weighted by atomic mass is 15.1. The van der Waals surface area contributed by atoms with Gasteiger partial charge in [-0.3, -0.25) is 0 Å². The van der Waals surface area contributed by atoms with Crippen LogP contribution >= 0.6 is 0 Å². The molecule has 0 saturated heterocycles. The molecule has 0 aliphatic carbocycles. The van der Waals surface area contributed by atoms with Gasteiger partial charge in [-0.1, -0.05) is 24.3 Å². The van der Waals surface area contributed by atoms with Crippen LogP contribution in [0.1, 0.15) is 13.3 Å². The summed E-state index contributed by atoms with van der Waals surface area (Å²) in [6, 6.07) is 23.0. The Morgan fingerprint density at radius 2 is 1.52 bits per heavy atom. The predicted octanol–water partition coefficient (Wildman–Crippen LogP) is 3.04. The molecule has 0 aliphatic rings. The molecule has 4 heteroatoms. The molecule has 1 heterocycles. The minimum absolute atomic E-state index is 0.784. The molecule has 0 fully saturated rings. The van der Waals surface area contributed by atoms with E-state index >= 15 is 0 Å². The van der Waals surface area contributed by atoms with Crippen molar-refractivity contribution in [2.75, 3.05) is 31.6 Å². The van der Waals surface area contributed by atoms with Crippen molar-refractivity contribution in [2.45, 2.75) is 19.9 Å². The SMILES string of the molecule is CC[NH+](C)CCC[n+]1c(-c2ccccc2)c2cc(N)ccc2c2ccc(N)cc21. The fourth-order valence-corrected chi connectivity index (χ4v) is 4.11. The number of nitrogens with one attached hydrogen (secondary N) is 1. The van der Waals surface area contributed by atoms with Gasteiger partial charge in [0.1, 0.15) is 0 Å². The maximum absolute atomic E-state index is 6.21. The Bertz CT molecular complexity index is 1150. The van der Waals surface area contributed by atoms with E-state index in [1.54, 1.807) is 4.90 Å². The van der Waals surface area contributed by atoms with Crippen LogP contribution in [0.5, 0.6) is 0 Å². The lowest BCUT2D eigenvalue weighted by molar-refractivity contribution is -0.880. The van der Waals surface area contributed by atoms with Gasteiger partial charge >= 0.3 is 0 Å². The van der Waals surface area contributed by atoms with E-state index in [4.69, 9.17) is 11.5 Å². The third kappa shape index (κ3) is 3.76. The Morgan fingerprint density at radius 3 is 2.24 bits per heavy atom. The van der Waals surface area contributed by atoms with Crippen LogP contribution in [0.15, 0.2) is 66.7 Å². The van der Waals surface area contributed by atoms with Crippen LogP contribution in [0, 0.1) is 0 Å². The molecule has 0 saturated carbocycles. The molecule has 0 bridgehead atoms. The van der Waals surface area contributed by atoms with Gasteiger partial charge in [0.05, 0.1) is 37.3 Å². The van der Waals surface area contributed by atoms with Crippen LogP contribution in [0.2, 0.25) is 0 Å². The standard InChI is InChI=1S/C25H28N4/c1-3-28(2)14-7-15-29-24-17-20(27)11-13-22(24)21-12-10-19(26)16-23(21)25(29)18-8-5-4-6-9-18/h4-6,8-13,16-17,27H,3,7,14-15,26H2,1-2H3/p+2. The molecule has 1 aromatic heterocycles. The van der Waals surface area contributed by atoms with Gasteiger partial charge in [-0.25, -0.2) is 0 Å². The lowest BCUT2D eigenvalue weighted by Gasteiger charge is -2.14. The second-order valence-corrected chi connectivity index (χ2v) is 7.86. The molecule has 1 unspecified atom stereocenters. The van der Waals surface area contributed by atoms with E-state index in [9.17, 15) is 0 Å². The fraction of sp³-hybridized carbons (Fsp3) is 0.240. The smallest absolute Gasteiger partial charge is 0.220 e. The van der Waals surface area contributed by atoms with Gasteiger partial charge in [0.25, 0.3) is 0 Å². The molecule has 148 valence electrons. The predicted molar refractivity (Wildman–Crippen MR) is 123 cm³/mol. The average molecular weight is 387 g/mol. The van der Waals surface area contributed by atoms with E-state index in [-0.39, 0.29) is 0 Å². The fourth-order valence-electron chi connectivity index (χ4n) is 4.11. The number of benzene rings is 3. The summed E-state index contributed by atoms with van der Waals surface area (Å²) in [6.45, 7) is 5.44. The molecule has 29 heavy (non-hydrogen) atoms. The molecule has 3 aromatic carbocycles. The van der Waals surface area contributed by atoms with Gasteiger partial charge in [-0.05, 0) is 43.3 Å². The molecule has 4 nitrogen and oxygen atoms in total. The van der Waals surface area contributed by atoms with Crippen molar-refractivity contribution in [1.29, 1.82) is 0 Å². The van der Waals surface area contributed by atoms with Crippen LogP contribution in [0.4, 0.5) is 11.4 Å². The van der Waals surface area contributed by atoms with E-state index in [0.717, 1.165) is 37.4 Å². The van der Waals surface area contributed by atoms with Crippen molar-refractivity contribution in [3.05, 3.63) is 66.7 Å². The zero-order valence-corrected chi connectivity index (χ0v) is 17.3. The summed E-state index contributed by atoms with van der Waals surface area (Å²) in [5, 5.41) is 3.61. The number of aryl methyl sites for hydroxylation is 1. The molecule has 0 radical (unpaired) electrons. The summed E-state index contributed by atoms with van der Waals surface area (Å²) in [6.07, 6.45) is 1.10. The summed E-state index contributed by atoms with van der Waals surface area (Å²) in [7, 11) is 2.25. The lowest BCUT2D eigenvalue weighted by atomic mass is 9.98. The summed E-state index contributed by atoms with van der Waals surface area (Å²) < 4.78 is 2.44. The Labute approximate surface area is 172 Å². The third-order valence-electron chi connectivity index (χ3n) is 5.81. The van der Waals surface area contributed by atoms with Crippen LogP contribution in [-0.2, 0) is 6.54 Å². The molecule has 0 spiro atoms. The van der Waals surface area contributed by atoms with Crippen molar-refractivity contribution >= 4 is 33.1 Å². The number of quaternary nitrogens is 1. The van der Waals surface area contributed by atoms with Gasteiger partial charge in [0.15, 0.2) is 6.54 Å². The number of nitrogens with two attached hydrogens (primary N) is 2. The van der Waals surface area contributed by atoms with Gasteiger partial charge < -0.3 is 16.4 Å². The van der Waals surface area contributed by atoms with Crippen molar-refractivity contribution in [3.8, 4) is 11.3 Å². The maximum atomic E-state index is 6.21. The topological polar surface area (TPSA) is 60.4 Å². The quantitative estimate of drug-likeness (QED) is 0.271. The number of nitrogens with zero attached hydrogens (tertiary/aromatic N) is 1. The van der Waals surface area contributed by atoms with E-state index in [1.165, 1.54) is 32.9 Å². The first-order valence-corrected chi connectivity index (χ1v) is 10.4. The summed E-state index contributed by atoms with van der Waals surface area (Å²) in [5.74, 6) is 0. The second-order valence-electron chi connectivity index (χ2n) is 7.86. The van der Waals surface area contributed by atoms with Crippen LogP contribution in [0.3, 0.4) is 0 Å². The first-order valence-electron chi connectivity index (χ1n) is 10.4. The zero-order valence-electron chi connectivity index (χ0n) is 17.3. The largest absolute Gasteiger partial charge is 0.399 e. The number of hydrogen-bond acceptors (Lipinski definition) is 2. The van der Waals surface area contributed by atoms with Crippen LogP contribution < -0.4 is 20.9 Å². The van der Waals surface area contributed by atoms with Crippen LogP contribution in [0.25, 0.3) is 32.9 Å². The normalized spacial score (nSPS) is 12.5. The molecule has 5 N–H and O–H groups in total. The summed E-state index contributed by atoms with van der Waals surface area (Å²) in [5.41, 5.74) is 17.6. The number of hydrogen-bond donors (Lipinski definition) is 3. The number of aromatic nitrogens is 1. The molecule has 4 rings (SSSR count). The molecule has 0 amide bonds. The van der Waals surface area contributed by atoms with Crippen molar-refractivity contribution in [2.24, 2.45) is 0 Å². The van der Waals surface area contributed by atoms with E-state index < -0.39 is 0 Å². The zero-order chi connectivity index (χ0) is 20.4. The maximum Gasteiger partial charge on any atom is 0.220 e. The third-order valence-corrected chi connectivity index (χ3v) is 5.81. The first kappa shape index (κ1) is 19.2. The molecule has 1 atom stereocenters. The van der Waals surface area contributed by atoms with Gasteiger partial charge in [0, 0.05) is 28.4 Å². The van der Waals surface area contributed by atoms with Crippen molar-refractivity contribution in [1.82, 2.24) is 0 Å². The van der Waals surface area contributed by atoms with Crippen molar-refractivity contribution in [3.63, 3.8) is 0 Å². The first-order chi connectivity index (χ1) is 14.1.